The van der Waals surface area contributed by atoms with Gasteiger partial charge in [0.15, 0.2) is 0 Å². The zero-order valence-corrected chi connectivity index (χ0v) is 33.7. The van der Waals surface area contributed by atoms with E-state index in [2.05, 4.69) is 69.9 Å². The number of alkyl carbamates (subject to hydrolysis) is 1. The van der Waals surface area contributed by atoms with Gasteiger partial charge in [0.2, 0.25) is 0 Å². The molecule has 3 amide bonds. The Morgan fingerprint density at radius 3 is 2.36 bits per heavy atom. The largest absolute Gasteiger partial charge is 0.453 e. The maximum absolute atomic E-state index is 14.0. The maximum atomic E-state index is 14.0. The van der Waals surface area contributed by atoms with Crippen molar-refractivity contribution in [2.75, 3.05) is 20.2 Å². The molecule has 3 aromatic heterocycles. The first-order valence-corrected chi connectivity index (χ1v) is 20.6. The van der Waals surface area contributed by atoms with Crippen molar-refractivity contribution in [3.8, 4) is 21.7 Å². The van der Waals surface area contributed by atoms with E-state index < -0.39 is 17.7 Å². The second-order valence-electron chi connectivity index (χ2n) is 16.1. The molecule has 0 aliphatic carbocycles. The number of hydrogen-bond acceptors (Lipinski definition) is 8. The number of aromatic amines is 2. The highest BCUT2D eigenvalue weighted by atomic mass is 32.1. The van der Waals surface area contributed by atoms with Crippen molar-refractivity contribution in [1.29, 1.82) is 0 Å². The topological polar surface area (TPSA) is 146 Å². The predicted molar refractivity (Wildman–Crippen MR) is 225 cm³/mol. The molecule has 296 valence electrons. The first-order chi connectivity index (χ1) is 28.0. The monoisotopic (exact) mass is 795 g/mol. The van der Waals surface area contributed by atoms with E-state index in [1.807, 2.05) is 62.2 Å². The number of H-pyrrole nitrogens is 2. The Hall–Kier alpha value is -6.21. The lowest BCUT2D eigenvalue weighted by atomic mass is 10.0. The van der Waals surface area contributed by atoms with Crippen molar-refractivity contribution < 1.29 is 23.9 Å². The molecule has 0 spiro atoms. The Morgan fingerprint density at radius 1 is 0.845 bits per heavy atom. The molecule has 0 radical (unpaired) electrons. The summed E-state index contributed by atoms with van der Waals surface area (Å²) in [5, 5.41) is 6.00. The van der Waals surface area contributed by atoms with Gasteiger partial charge in [-0.1, -0.05) is 60.7 Å². The van der Waals surface area contributed by atoms with Crippen LogP contribution in [0.25, 0.3) is 53.6 Å². The summed E-state index contributed by atoms with van der Waals surface area (Å²) < 4.78 is 11.7. The Morgan fingerprint density at radius 2 is 1.59 bits per heavy atom. The summed E-state index contributed by atoms with van der Waals surface area (Å²) in [7, 11) is 1.29. The molecule has 5 heterocycles. The van der Waals surface area contributed by atoms with Crippen molar-refractivity contribution in [3.63, 3.8) is 0 Å². The number of benzene rings is 4. The zero-order chi connectivity index (χ0) is 40.1. The minimum Gasteiger partial charge on any atom is -0.453 e. The van der Waals surface area contributed by atoms with Gasteiger partial charge in [0.1, 0.15) is 23.3 Å². The molecule has 58 heavy (non-hydrogen) atoms. The van der Waals surface area contributed by atoms with Gasteiger partial charge in [0, 0.05) is 33.6 Å². The predicted octanol–water partition coefficient (Wildman–Crippen LogP) is 9.82. The highest BCUT2D eigenvalue weighted by molar-refractivity contribution is 7.22. The molecule has 0 bridgehead atoms. The average molecular weight is 796 g/mol. The van der Waals surface area contributed by atoms with Crippen molar-refractivity contribution in [1.82, 2.24) is 35.1 Å². The third-order valence-corrected chi connectivity index (χ3v) is 12.2. The lowest BCUT2D eigenvalue weighted by Gasteiger charge is -2.28. The summed E-state index contributed by atoms with van der Waals surface area (Å²) in [4.78, 5) is 60.8. The Balaban J connectivity index is 0.952. The van der Waals surface area contributed by atoms with E-state index in [1.165, 1.54) is 11.8 Å². The SMILES string of the molecule is COC(=O)NC(C(=O)N1CCCC1c1nc2c(ccc3cc(-c4cc5ccc(-c6cnc(C7CCCN7C(=O)OC(C)(C)C)[nH]6)cc5s4)ccc32)[nH]1)c1ccccc1. The van der Waals surface area contributed by atoms with Crippen LogP contribution in [0, 0.1) is 0 Å². The van der Waals surface area contributed by atoms with Gasteiger partial charge in [-0.25, -0.2) is 19.6 Å². The molecule has 13 heteroatoms. The quantitative estimate of drug-likeness (QED) is 0.146. The molecule has 2 aliphatic heterocycles. The van der Waals surface area contributed by atoms with Gasteiger partial charge in [-0.15, -0.1) is 11.3 Å². The fourth-order valence-electron chi connectivity index (χ4n) is 8.31. The number of methoxy groups -OCH3 is 1. The first kappa shape index (κ1) is 37.4. The number of nitrogens with zero attached hydrogens (tertiary/aromatic N) is 4. The lowest BCUT2D eigenvalue weighted by Crippen LogP contribution is -2.42. The first-order valence-electron chi connectivity index (χ1n) is 19.7. The Kier molecular flexibility index (Phi) is 9.63. The molecule has 7 aromatic rings. The van der Waals surface area contributed by atoms with Gasteiger partial charge in [-0.3, -0.25) is 9.69 Å². The van der Waals surface area contributed by atoms with Crippen LogP contribution in [-0.4, -0.2) is 73.6 Å². The second-order valence-corrected chi connectivity index (χ2v) is 17.1. The van der Waals surface area contributed by atoms with Crippen LogP contribution in [0.1, 0.15) is 81.8 Å². The molecule has 12 nitrogen and oxygen atoms in total. The van der Waals surface area contributed by atoms with Crippen LogP contribution in [-0.2, 0) is 14.3 Å². The Bertz CT molecular complexity index is 2680. The number of rotatable bonds is 7. The minimum absolute atomic E-state index is 0.140. The smallest absolute Gasteiger partial charge is 0.410 e. The fourth-order valence-corrected chi connectivity index (χ4v) is 9.40. The average Bonchev–Trinajstić information content (AvgIpc) is 4.07. The van der Waals surface area contributed by atoms with Crippen molar-refractivity contribution >= 4 is 61.3 Å². The van der Waals surface area contributed by atoms with Crippen LogP contribution in [0.3, 0.4) is 0 Å². The number of nitrogens with one attached hydrogen (secondary N) is 3. The van der Waals surface area contributed by atoms with Gasteiger partial charge < -0.3 is 29.7 Å². The molecule has 3 unspecified atom stereocenters. The van der Waals surface area contributed by atoms with Gasteiger partial charge >= 0.3 is 12.2 Å². The van der Waals surface area contributed by atoms with Crippen LogP contribution >= 0.6 is 11.3 Å². The second kappa shape index (κ2) is 14.9. The summed E-state index contributed by atoms with van der Waals surface area (Å²) >= 11 is 1.75. The normalized spacial score (nSPS) is 17.7. The van der Waals surface area contributed by atoms with E-state index in [9.17, 15) is 14.4 Å². The lowest BCUT2D eigenvalue weighted by molar-refractivity contribution is -0.134. The molecule has 3 atom stereocenters. The zero-order valence-electron chi connectivity index (χ0n) is 32.9. The van der Waals surface area contributed by atoms with E-state index in [0.29, 0.717) is 18.7 Å². The van der Waals surface area contributed by atoms with Gasteiger partial charge in [0.25, 0.3) is 5.91 Å². The molecule has 2 aliphatic rings. The summed E-state index contributed by atoms with van der Waals surface area (Å²) in [5.41, 5.74) is 4.97. The molecule has 2 fully saturated rings. The van der Waals surface area contributed by atoms with E-state index in [-0.39, 0.29) is 24.1 Å². The van der Waals surface area contributed by atoms with Crippen LogP contribution in [0.15, 0.2) is 91.1 Å². The van der Waals surface area contributed by atoms with E-state index in [4.69, 9.17) is 19.4 Å². The van der Waals surface area contributed by atoms with E-state index >= 15 is 0 Å². The number of hydrogen-bond donors (Lipinski definition) is 3. The van der Waals surface area contributed by atoms with Crippen molar-refractivity contribution in [2.24, 2.45) is 0 Å². The van der Waals surface area contributed by atoms with Crippen molar-refractivity contribution in [3.05, 3.63) is 108 Å². The fraction of sp³-hybridized carbons (Fsp3) is 0.311. The summed E-state index contributed by atoms with van der Waals surface area (Å²) in [5.74, 6) is 1.31. The number of amides is 3. The van der Waals surface area contributed by atoms with Gasteiger partial charge in [-0.2, -0.15) is 0 Å². The summed E-state index contributed by atoms with van der Waals surface area (Å²) in [6, 6.07) is 27.3. The molecule has 4 aromatic carbocycles. The molecular weight excluding hydrogens is 751 g/mol. The molecule has 0 saturated carbocycles. The van der Waals surface area contributed by atoms with Crippen LogP contribution in [0.4, 0.5) is 9.59 Å². The third-order valence-electron chi connectivity index (χ3n) is 11.1. The van der Waals surface area contributed by atoms with E-state index in [1.54, 1.807) is 16.2 Å². The number of ether oxygens (including phenoxy) is 2. The summed E-state index contributed by atoms with van der Waals surface area (Å²) in [6.45, 7) is 6.87. The third kappa shape index (κ3) is 7.15. The number of imidazole rings is 2. The number of thiophene rings is 1. The molecule has 3 N–H and O–H groups in total. The molecule has 9 rings (SSSR count). The Labute approximate surface area is 339 Å². The number of carbonyl (C=O) groups excluding carboxylic acids is 3. The number of aromatic nitrogens is 4. The van der Waals surface area contributed by atoms with Crippen LogP contribution in [0.5, 0.6) is 0 Å². The van der Waals surface area contributed by atoms with E-state index in [0.717, 1.165) is 86.2 Å². The number of likely N-dealkylation sites (tertiary alicyclic amines) is 2. The van der Waals surface area contributed by atoms with Crippen LogP contribution < -0.4 is 5.32 Å². The van der Waals surface area contributed by atoms with Gasteiger partial charge in [-0.05, 0) is 92.6 Å². The number of fused-ring (bicyclic) bond motifs is 4. The van der Waals surface area contributed by atoms with Gasteiger partial charge in [0.05, 0.1) is 42.1 Å². The standard InChI is InChI=1S/C45H45N7O5S/c1-45(2,3)57-44(55)52-21-9-12-34(52)40-46-25-33(48-40)28-14-15-30-24-37(58-36(30)23-28)29-16-18-31-27(22-29)17-19-32-39(31)49-41(47-32)35-13-8-20-51(35)42(53)38(50-43(54)56-4)26-10-6-5-7-11-26/h5-7,10-11,14-19,22-25,34-35,38H,8-9,12-13,20-21H2,1-4H3,(H,46,48)(H,47,49)(H,50,54). The molecule has 2 saturated heterocycles. The summed E-state index contributed by atoms with van der Waals surface area (Å²) in [6.07, 6.45) is 4.22. The highest BCUT2D eigenvalue weighted by Crippen LogP contribution is 2.40. The minimum atomic E-state index is -0.878. The maximum Gasteiger partial charge on any atom is 0.410 e. The number of carbonyl (C=O) groups is 3. The van der Waals surface area contributed by atoms with Crippen molar-refractivity contribution in [2.45, 2.75) is 70.2 Å². The molecular formula is C45H45N7O5S. The van der Waals surface area contributed by atoms with Crippen LogP contribution in [0.2, 0.25) is 0 Å². The highest BCUT2D eigenvalue weighted by Gasteiger charge is 2.38.